The molecule has 0 saturated carbocycles. The van der Waals surface area contributed by atoms with E-state index in [1.807, 2.05) is 43.3 Å². The lowest BCUT2D eigenvalue weighted by molar-refractivity contribution is 0.220. The molecule has 1 nitrogen and oxygen atoms in total. The predicted molar refractivity (Wildman–Crippen MR) is 69.5 cm³/mol. The summed E-state index contributed by atoms with van der Waals surface area (Å²) in [5, 5.41) is 10.2. The van der Waals surface area contributed by atoms with E-state index in [1.54, 1.807) is 0 Å². The van der Waals surface area contributed by atoms with E-state index in [0.717, 1.165) is 16.7 Å². The summed E-state index contributed by atoms with van der Waals surface area (Å²) in [4.78, 5) is 0. The van der Waals surface area contributed by atoms with Crippen LogP contribution in [-0.2, 0) is 0 Å². The van der Waals surface area contributed by atoms with Crippen LogP contribution in [-0.4, -0.2) is 5.11 Å². The number of benzene rings is 2. The van der Waals surface area contributed by atoms with E-state index < -0.39 is 6.10 Å². The summed E-state index contributed by atoms with van der Waals surface area (Å²) >= 11 is 0. The van der Waals surface area contributed by atoms with Gasteiger partial charge in [-0.2, -0.15) is 0 Å². The molecule has 0 radical (unpaired) electrons. The molecule has 0 fully saturated rings. The fourth-order valence-corrected chi connectivity index (χ4v) is 2.53. The molecule has 1 aliphatic rings. The molecular formula is C16H14O. The molecule has 0 bridgehead atoms. The van der Waals surface area contributed by atoms with Gasteiger partial charge in [-0.1, -0.05) is 54.6 Å². The van der Waals surface area contributed by atoms with Gasteiger partial charge in [-0.05, 0) is 34.8 Å². The van der Waals surface area contributed by atoms with Crippen molar-refractivity contribution in [3.63, 3.8) is 0 Å². The van der Waals surface area contributed by atoms with Crippen LogP contribution in [0.5, 0.6) is 0 Å². The van der Waals surface area contributed by atoms with E-state index in [4.69, 9.17) is 0 Å². The fourth-order valence-electron chi connectivity index (χ4n) is 2.53. The molecule has 1 unspecified atom stereocenters. The normalized spacial score (nSPS) is 18.4. The third-order valence-electron chi connectivity index (χ3n) is 3.39. The Kier molecular flexibility index (Phi) is 2.34. The Morgan fingerprint density at radius 3 is 2.29 bits per heavy atom. The Bertz CT molecular complexity index is 581. The zero-order valence-electron chi connectivity index (χ0n) is 9.72. The summed E-state index contributed by atoms with van der Waals surface area (Å²) in [5.41, 5.74) is 5.56. The van der Waals surface area contributed by atoms with Gasteiger partial charge in [0.05, 0.1) is 0 Å². The van der Waals surface area contributed by atoms with Crippen molar-refractivity contribution in [3.8, 4) is 0 Å². The maximum atomic E-state index is 10.2. The average Bonchev–Trinajstić information content (AvgIpc) is 2.64. The van der Waals surface area contributed by atoms with Crippen LogP contribution in [0.3, 0.4) is 0 Å². The molecule has 1 N–H and O–H groups in total. The van der Waals surface area contributed by atoms with E-state index in [0.29, 0.717) is 0 Å². The van der Waals surface area contributed by atoms with Crippen LogP contribution in [0.4, 0.5) is 0 Å². The number of fused-ring (bicyclic) bond motifs is 1. The summed E-state index contributed by atoms with van der Waals surface area (Å²) in [6.07, 6.45) is -0.457. The van der Waals surface area contributed by atoms with Crippen LogP contribution < -0.4 is 0 Å². The SMILES string of the molecule is CC1=C(c2ccccc2)c2ccccc2C1O. The Hall–Kier alpha value is -1.86. The second-order valence-electron chi connectivity index (χ2n) is 4.41. The van der Waals surface area contributed by atoms with E-state index in [2.05, 4.69) is 18.2 Å². The first-order valence-electron chi connectivity index (χ1n) is 5.82. The van der Waals surface area contributed by atoms with Crippen LogP contribution in [0.1, 0.15) is 29.7 Å². The maximum Gasteiger partial charge on any atom is 0.101 e. The van der Waals surface area contributed by atoms with Crippen LogP contribution in [0, 0.1) is 0 Å². The third-order valence-corrected chi connectivity index (χ3v) is 3.39. The zero-order chi connectivity index (χ0) is 11.8. The second-order valence-corrected chi connectivity index (χ2v) is 4.41. The highest BCUT2D eigenvalue weighted by atomic mass is 16.3. The molecule has 0 saturated heterocycles. The van der Waals surface area contributed by atoms with Gasteiger partial charge < -0.3 is 5.11 Å². The standard InChI is InChI=1S/C16H14O/c1-11-15(12-7-3-2-4-8-12)13-9-5-6-10-14(13)16(11)17/h2-10,16-17H,1H3. The van der Waals surface area contributed by atoms with Crippen molar-refractivity contribution in [2.75, 3.05) is 0 Å². The van der Waals surface area contributed by atoms with Gasteiger partial charge >= 0.3 is 0 Å². The summed E-state index contributed by atoms with van der Waals surface area (Å²) in [7, 11) is 0. The lowest BCUT2D eigenvalue weighted by Gasteiger charge is -2.06. The molecule has 0 heterocycles. The lowest BCUT2D eigenvalue weighted by Crippen LogP contribution is -1.93. The molecule has 1 heteroatoms. The molecule has 2 aromatic carbocycles. The van der Waals surface area contributed by atoms with Crippen molar-refractivity contribution in [2.45, 2.75) is 13.0 Å². The highest BCUT2D eigenvalue weighted by molar-refractivity contribution is 5.87. The predicted octanol–water partition coefficient (Wildman–Crippen LogP) is 3.56. The van der Waals surface area contributed by atoms with Gasteiger partial charge in [0.2, 0.25) is 0 Å². The Morgan fingerprint density at radius 1 is 0.882 bits per heavy atom. The number of hydrogen-bond donors (Lipinski definition) is 1. The first kappa shape index (κ1) is 10.3. The van der Waals surface area contributed by atoms with Crippen LogP contribution in [0.2, 0.25) is 0 Å². The molecule has 0 aliphatic heterocycles. The van der Waals surface area contributed by atoms with Crippen molar-refractivity contribution in [1.82, 2.24) is 0 Å². The average molecular weight is 222 g/mol. The zero-order valence-corrected chi connectivity index (χ0v) is 9.72. The first-order chi connectivity index (χ1) is 8.29. The molecule has 84 valence electrons. The van der Waals surface area contributed by atoms with E-state index in [9.17, 15) is 5.11 Å². The first-order valence-corrected chi connectivity index (χ1v) is 5.82. The van der Waals surface area contributed by atoms with Crippen LogP contribution in [0.25, 0.3) is 5.57 Å². The molecule has 0 spiro atoms. The molecule has 17 heavy (non-hydrogen) atoms. The largest absolute Gasteiger partial charge is 0.384 e. The van der Waals surface area contributed by atoms with Gasteiger partial charge in [-0.25, -0.2) is 0 Å². The summed E-state index contributed by atoms with van der Waals surface area (Å²) < 4.78 is 0. The molecule has 2 aromatic rings. The van der Waals surface area contributed by atoms with Gasteiger partial charge in [0.15, 0.2) is 0 Å². The van der Waals surface area contributed by atoms with Gasteiger partial charge in [0.1, 0.15) is 6.10 Å². The number of hydrogen-bond acceptors (Lipinski definition) is 1. The minimum Gasteiger partial charge on any atom is -0.384 e. The minimum atomic E-state index is -0.457. The maximum absolute atomic E-state index is 10.2. The van der Waals surface area contributed by atoms with Crippen LogP contribution in [0.15, 0.2) is 60.2 Å². The molecule has 0 amide bonds. The molecule has 3 rings (SSSR count). The van der Waals surface area contributed by atoms with E-state index >= 15 is 0 Å². The Labute approximate surface area is 101 Å². The molecule has 0 aromatic heterocycles. The minimum absolute atomic E-state index is 0.457. The number of aliphatic hydroxyl groups excluding tert-OH is 1. The monoisotopic (exact) mass is 222 g/mol. The van der Waals surface area contributed by atoms with Crippen molar-refractivity contribution >= 4 is 5.57 Å². The lowest BCUT2D eigenvalue weighted by atomic mass is 9.98. The quantitative estimate of drug-likeness (QED) is 0.782. The van der Waals surface area contributed by atoms with Crippen molar-refractivity contribution in [1.29, 1.82) is 0 Å². The summed E-state index contributed by atoms with van der Waals surface area (Å²) in [5.74, 6) is 0. The highest BCUT2D eigenvalue weighted by Crippen LogP contribution is 2.42. The Morgan fingerprint density at radius 2 is 1.53 bits per heavy atom. The van der Waals surface area contributed by atoms with Crippen molar-refractivity contribution in [3.05, 3.63) is 76.9 Å². The van der Waals surface area contributed by atoms with Gasteiger partial charge in [0.25, 0.3) is 0 Å². The van der Waals surface area contributed by atoms with Crippen LogP contribution >= 0.6 is 0 Å². The molecule has 1 aliphatic carbocycles. The van der Waals surface area contributed by atoms with Gasteiger partial charge in [-0.15, -0.1) is 0 Å². The molecular weight excluding hydrogens is 208 g/mol. The Balaban J connectivity index is 2.23. The highest BCUT2D eigenvalue weighted by Gasteiger charge is 2.26. The second kappa shape index (κ2) is 3.86. The number of rotatable bonds is 1. The van der Waals surface area contributed by atoms with Crippen molar-refractivity contribution < 1.29 is 5.11 Å². The topological polar surface area (TPSA) is 20.2 Å². The molecule has 1 atom stereocenters. The van der Waals surface area contributed by atoms with Gasteiger partial charge in [-0.3, -0.25) is 0 Å². The van der Waals surface area contributed by atoms with E-state index in [-0.39, 0.29) is 0 Å². The van der Waals surface area contributed by atoms with E-state index in [1.165, 1.54) is 11.1 Å². The summed E-state index contributed by atoms with van der Waals surface area (Å²) in [6, 6.07) is 18.3. The fraction of sp³-hybridized carbons (Fsp3) is 0.125. The third kappa shape index (κ3) is 1.51. The summed E-state index contributed by atoms with van der Waals surface area (Å²) in [6.45, 7) is 2.01. The van der Waals surface area contributed by atoms with Gasteiger partial charge in [0, 0.05) is 0 Å². The van der Waals surface area contributed by atoms with Crippen molar-refractivity contribution in [2.24, 2.45) is 0 Å². The smallest absolute Gasteiger partial charge is 0.101 e. The number of aliphatic hydroxyl groups is 1.